The van der Waals surface area contributed by atoms with Gasteiger partial charge < -0.3 is 10.5 Å². The minimum absolute atomic E-state index is 0.251. The van der Waals surface area contributed by atoms with Crippen LogP contribution in [-0.2, 0) is 20.2 Å². The number of carbonyl (C=O) groups excluding carboxylic acids is 1. The summed E-state index contributed by atoms with van der Waals surface area (Å²) in [6, 6.07) is 11.4. The first-order valence-corrected chi connectivity index (χ1v) is 10.9. The normalized spacial score (nSPS) is 11.1. The Morgan fingerprint density at radius 1 is 1.09 bits per heavy atom. The van der Waals surface area contributed by atoms with Crippen molar-refractivity contribution in [1.29, 1.82) is 0 Å². The zero-order valence-corrected chi connectivity index (χ0v) is 19.9. The van der Waals surface area contributed by atoms with Gasteiger partial charge in [-0.3, -0.25) is 9.48 Å². The van der Waals surface area contributed by atoms with Crippen molar-refractivity contribution in [2.24, 2.45) is 12.8 Å². The van der Waals surface area contributed by atoms with Crippen LogP contribution in [0.4, 0.5) is 0 Å². The highest BCUT2D eigenvalue weighted by atomic mass is 16.5. The Kier molecular flexibility index (Phi) is 6.06. The standard InChI is InChI=1S/C24H27N7O3/c1-6-30-22(23(25)32)16(4)21(26-30)17-10-11-20(15(3)12-17)34-13-18-14(2)8-7-9-19(18)31-24(33)29(5)27-28-31/h7-12H,6,13H2,1-5H3,(H2,25,32). The lowest BCUT2D eigenvalue weighted by Gasteiger charge is -2.14. The van der Waals surface area contributed by atoms with Crippen LogP contribution in [0.1, 0.15) is 39.7 Å². The topological polar surface area (TPSA) is 123 Å². The number of amides is 1. The van der Waals surface area contributed by atoms with Gasteiger partial charge in [0.2, 0.25) is 0 Å². The van der Waals surface area contributed by atoms with Gasteiger partial charge in [0.15, 0.2) is 0 Å². The number of hydrogen-bond acceptors (Lipinski definition) is 6. The third-order valence-electron chi connectivity index (χ3n) is 5.88. The number of nitrogens with two attached hydrogens (primary N) is 1. The van der Waals surface area contributed by atoms with Crippen LogP contribution in [0.2, 0.25) is 0 Å². The molecule has 0 atom stereocenters. The molecule has 0 saturated carbocycles. The Bertz CT molecular complexity index is 1450. The molecule has 0 aliphatic heterocycles. The largest absolute Gasteiger partial charge is 0.489 e. The zero-order chi connectivity index (χ0) is 24.6. The van der Waals surface area contributed by atoms with Crippen molar-refractivity contribution < 1.29 is 9.53 Å². The van der Waals surface area contributed by atoms with Crippen molar-refractivity contribution in [3.63, 3.8) is 0 Å². The van der Waals surface area contributed by atoms with Gasteiger partial charge in [-0.15, -0.1) is 0 Å². The second-order valence-corrected chi connectivity index (χ2v) is 8.14. The van der Waals surface area contributed by atoms with E-state index in [-0.39, 0.29) is 12.3 Å². The van der Waals surface area contributed by atoms with E-state index in [0.29, 0.717) is 29.4 Å². The number of benzene rings is 2. The maximum absolute atomic E-state index is 12.4. The third-order valence-corrected chi connectivity index (χ3v) is 5.88. The van der Waals surface area contributed by atoms with Crippen molar-refractivity contribution in [1.82, 2.24) is 29.6 Å². The lowest BCUT2D eigenvalue weighted by atomic mass is 10.0. The number of hydrogen-bond donors (Lipinski definition) is 1. The number of rotatable bonds is 7. The fourth-order valence-electron chi connectivity index (χ4n) is 4.01. The Hall–Kier alpha value is -4.21. The van der Waals surface area contributed by atoms with Crippen molar-refractivity contribution in [2.75, 3.05) is 0 Å². The lowest BCUT2D eigenvalue weighted by molar-refractivity contribution is 0.0989. The Balaban J connectivity index is 1.63. The van der Waals surface area contributed by atoms with Gasteiger partial charge in [0, 0.05) is 30.3 Å². The average molecular weight is 462 g/mol. The summed E-state index contributed by atoms with van der Waals surface area (Å²) in [5.74, 6) is 0.207. The molecule has 2 aromatic carbocycles. The van der Waals surface area contributed by atoms with E-state index in [2.05, 4.69) is 15.5 Å². The number of ether oxygens (including phenoxy) is 1. The van der Waals surface area contributed by atoms with Crippen LogP contribution in [0.3, 0.4) is 0 Å². The minimum Gasteiger partial charge on any atom is -0.489 e. The molecule has 2 aromatic heterocycles. The highest BCUT2D eigenvalue weighted by Crippen LogP contribution is 2.30. The maximum atomic E-state index is 12.4. The quantitative estimate of drug-likeness (QED) is 0.451. The van der Waals surface area contributed by atoms with Crippen molar-refractivity contribution in [3.8, 4) is 22.7 Å². The van der Waals surface area contributed by atoms with Crippen LogP contribution in [0.5, 0.6) is 5.75 Å². The molecule has 0 saturated heterocycles. The van der Waals surface area contributed by atoms with Crippen LogP contribution in [0.15, 0.2) is 41.2 Å². The summed E-state index contributed by atoms with van der Waals surface area (Å²) in [5.41, 5.74) is 11.4. The fraction of sp³-hybridized carbons (Fsp3) is 0.292. The molecule has 1 amide bonds. The van der Waals surface area contributed by atoms with E-state index in [1.807, 2.05) is 64.1 Å². The third kappa shape index (κ3) is 3.98. The SMILES string of the molecule is CCn1nc(-c2ccc(OCc3c(C)cccc3-n3nnn(C)c3=O)c(C)c2)c(C)c1C(N)=O. The summed E-state index contributed by atoms with van der Waals surface area (Å²) >= 11 is 0. The smallest absolute Gasteiger partial charge is 0.368 e. The molecule has 0 bridgehead atoms. The van der Waals surface area contributed by atoms with Crippen LogP contribution >= 0.6 is 0 Å². The number of aryl methyl sites for hydroxylation is 4. The molecule has 0 radical (unpaired) electrons. The first-order valence-electron chi connectivity index (χ1n) is 10.9. The molecule has 0 aliphatic carbocycles. The van der Waals surface area contributed by atoms with E-state index >= 15 is 0 Å². The molecular formula is C24H27N7O3. The molecule has 0 aliphatic rings. The molecule has 10 heteroatoms. The van der Waals surface area contributed by atoms with E-state index in [9.17, 15) is 9.59 Å². The maximum Gasteiger partial charge on any atom is 0.368 e. The summed E-state index contributed by atoms with van der Waals surface area (Å²) in [4.78, 5) is 24.3. The van der Waals surface area contributed by atoms with Crippen LogP contribution in [0.25, 0.3) is 16.9 Å². The second-order valence-electron chi connectivity index (χ2n) is 8.14. The summed E-state index contributed by atoms with van der Waals surface area (Å²) in [5, 5.41) is 12.3. The van der Waals surface area contributed by atoms with Gasteiger partial charge in [-0.25, -0.2) is 4.79 Å². The molecule has 0 spiro atoms. The molecule has 34 heavy (non-hydrogen) atoms. The first kappa shape index (κ1) is 23.0. The number of nitrogens with zero attached hydrogens (tertiary/aromatic N) is 6. The number of primary amides is 1. The zero-order valence-electron chi connectivity index (χ0n) is 19.9. The van der Waals surface area contributed by atoms with Gasteiger partial charge in [-0.1, -0.05) is 12.1 Å². The van der Waals surface area contributed by atoms with Gasteiger partial charge >= 0.3 is 5.69 Å². The van der Waals surface area contributed by atoms with Crippen molar-refractivity contribution in [3.05, 3.63) is 74.8 Å². The minimum atomic E-state index is -0.494. The van der Waals surface area contributed by atoms with Crippen LogP contribution in [0, 0.1) is 20.8 Å². The lowest BCUT2D eigenvalue weighted by Crippen LogP contribution is -2.23. The Morgan fingerprint density at radius 3 is 2.44 bits per heavy atom. The van der Waals surface area contributed by atoms with Gasteiger partial charge in [0.1, 0.15) is 18.1 Å². The average Bonchev–Trinajstić information content (AvgIpc) is 3.32. The molecular weight excluding hydrogens is 434 g/mol. The van der Waals surface area contributed by atoms with Gasteiger partial charge in [-0.05, 0) is 73.5 Å². The molecule has 4 rings (SSSR count). The molecule has 4 aromatic rings. The Morgan fingerprint density at radius 2 is 1.85 bits per heavy atom. The van der Waals surface area contributed by atoms with Crippen molar-refractivity contribution >= 4 is 5.91 Å². The molecule has 176 valence electrons. The molecule has 2 heterocycles. The highest BCUT2D eigenvalue weighted by molar-refractivity contribution is 5.94. The van der Waals surface area contributed by atoms with Gasteiger partial charge in [-0.2, -0.15) is 14.5 Å². The molecule has 0 unspecified atom stereocenters. The Labute approximate surface area is 196 Å². The second kappa shape index (κ2) is 8.97. The van der Waals surface area contributed by atoms with Crippen LogP contribution in [-0.4, -0.2) is 35.5 Å². The number of aromatic nitrogens is 6. The molecule has 10 nitrogen and oxygen atoms in total. The van der Waals surface area contributed by atoms with Gasteiger partial charge in [0.05, 0.1) is 11.4 Å². The fourth-order valence-corrected chi connectivity index (χ4v) is 4.01. The molecule has 2 N–H and O–H groups in total. The van der Waals surface area contributed by atoms with E-state index in [4.69, 9.17) is 10.5 Å². The predicted molar refractivity (Wildman–Crippen MR) is 127 cm³/mol. The number of tetrazole rings is 1. The van der Waals surface area contributed by atoms with E-state index in [1.54, 1.807) is 11.7 Å². The van der Waals surface area contributed by atoms with E-state index in [0.717, 1.165) is 27.8 Å². The van der Waals surface area contributed by atoms with Crippen molar-refractivity contribution in [2.45, 2.75) is 40.8 Å². The van der Waals surface area contributed by atoms with Crippen LogP contribution < -0.4 is 16.2 Å². The summed E-state index contributed by atoms with van der Waals surface area (Å²) in [6.45, 7) is 8.48. The van der Waals surface area contributed by atoms with E-state index in [1.165, 1.54) is 9.36 Å². The highest BCUT2D eigenvalue weighted by Gasteiger charge is 2.20. The summed E-state index contributed by atoms with van der Waals surface area (Å²) < 4.78 is 10.2. The summed E-state index contributed by atoms with van der Waals surface area (Å²) in [6.07, 6.45) is 0. The molecule has 0 fully saturated rings. The summed E-state index contributed by atoms with van der Waals surface area (Å²) in [7, 11) is 1.56. The van der Waals surface area contributed by atoms with E-state index < -0.39 is 5.91 Å². The predicted octanol–water partition coefficient (Wildman–Crippen LogP) is 2.45. The number of carbonyl (C=O) groups is 1. The monoisotopic (exact) mass is 461 g/mol. The first-order chi connectivity index (χ1) is 16.2. The van der Waals surface area contributed by atoms with Gasteiger partial charge in [0.25, 0.3) is 5.91 Å².